The van der Waals surface area contributed by atoms with E-state index in [1.807, 2.05) is 12.1 Å². The number of anilines is 1. The van der Waals surface area contributed by atoms with E-state index in [4.69, 9.17) is 11.6 Å². The first-order chi connectivity index (χ1) is 8.74. The first-order valence-electron chi connectivity index (χ1n) is 5.87. The summed E-state index contributed by atoms with van der Waals surface area (Å²) in [5.74, 6) is 0. The van der Waals surface area contributed by atoms with Crippen LogP contribution in [0, 0.1) is 0 Å². The highest BCUT2D eigenvalue weighted by Crippen LogP contribution is 2.29. The monoisotopic (exact) mass is 322 g/mol. The number of nitrogens with zero attached hydrogens (tertiary/aromatic N) is 2. The van der Waals surface area contributed by atoms with E-state index in [2.05, 4.69) is 44.0 Å². The fourth-order valence-electron chi connectivity index (χ4n) is 2.37. The Kier molecular flexibility index (Phi) is 3.27. The number of fused-ring (bicyclic) bond motifs is 1. The van der Waals surface area contributed by atoms with Crippen LogP contribution in [-0.2, 0) is 13.0 Å². The minimum absolute atomic E-state index is 0.549. The van der Waals surface area contributed by atoms with Gasteiger partial charge in [0.25, 0.3) is 0 Å². The van der Waals surface area contributed by atoms with Crippen molar-refractivity contribution in [1.82, 2.24) is 4.98 Å². The summed E-state index contributed by atoms with van der Waals surface area (Å²) >= 11 is 9.56. The number of hydrogen-bond donors (Lipinski definition) is 0. The average molecular weight is 324 g/mol. The van der Waals surface area contributed by atoms with Gasteiger partial charge in [-0.25, -0.2) is 4.98 Å². The van der Waals surface area contributed by atoms with E-state index in [1.165, 1.54) is 15.6 Å². The molecule has 18 heavy (non-hydrogen) atoms. The molecule has 1 aromatic heterocycles. The van der Waals surface area contributed by atoms with Crippen molar-refractivity contribution in [2.75, 3.05) is 11.4 Å². The zero-order valence-electron chi connectivity index (χ0n) is 9.74. The molecule has 0 bridgehead atoms. The molecule has 2 nitrogen and oxygen atoms in total. The van der Waals surface area contributed by atoms with E-state index < -0.39 is 0 Å². The highest BCUT2D eigenvalue weighted by Gasteiger charge is 2.18. The molecule has 0 fully saturated rings. The van der Waals surface area contributed by atoms with E-state index >= 15 is 0 Å². The molecule has 92 valence electrons. The lowest BCUT2D eigenvalue weighted by atomic mass is 9.99. The normalized spacial score (nSPS) is 14.4. The van der Waals surface area contributed by atoms with Crippen LogP contribution in [0.1, 0.15) is 11.1 Å². The van der Waals surface area contributed by atoms with Crippen molar-refractivity contribution in [2.45, 2.75) is 13.0 Å². The summed E-state index contributed by atoms with van der Waals surface area (Å²) in [6, 6.07) is 10.3. The van der Waals surface area contributed by atoms with Gasteiger partial charge in [-0.05, 0) is 35.7 Å². The molecular formula is C14H12BrClN2. The van der Waals surface area contributed by atoms with Gasteiger partial charge < -0.3 is 4.90 Å². The summed E-state index contributed by atoms with van der Waals surface area (Å²) in [4.78, 5) is 6.36. The molecule has 3 rings (SSSR count). The Morgan fingerprint density at radius 1 is 1.28 bits per heavy atom. The molecule has 0 atom stereocenters. The van der Waals surface area contributed by atoms with Crippen LogP contribution in [0.2, 0.25) is 5.15 Å². The Morgan fingerprint density at radius 2 is 2.17 bits per heavy atom. The van der Waals surface area contributed by atoms with Gasteiger partial charge in [0, 0.05) is 29.4 Å². The van der Waals surface area contributed by atoms with E-state index in [-0.39, 0.29) is 0 Å². The smallest absolute Gasteiger partial charge is 0.131 e. The van der Waals surface area contributed by atoms with Gasteiger partial charge in [0.15, 0.2) is 0 Å². The first kappa shape index (κ1) is 12.0. The summed E-state index contributed by atoms with van der Waals surface area (Å²) in [5, 5.41) is 0.549. The zero-order valence-corrected chi connectivity index (χ0v) is 12.1. The maximum absolute atomic E-state index is 5.94. The van der Waals surface area contributed by atoms with Crippen molar-refractivity contribution in [3.05, 3.63) is 57.3 Å². The minimum atomic E-state index is 0.549. The van der Waals surface area contributed by atoms with E-state index in [0.717, 1.165) is 25.2 Å². The third kappa shape index (κ3) is 2.25. The molecule has 0 aliphatic carbocycles. The Morgan fingerprint density at radius 3 is 3.00 bits per heavy atom. The summed E-state index contributed by atoms with van der Waals surface area (Å²) < 4.78 is 1.22. The molecule has 1 aromatic carbocycles. The van der Waals surface area contributed by atoms with Crippen LogP contribution in [0.25, 0.3) is 0 Å². The van der Waals surface area contributed by atoms with Gasteiger partial charge in [0.2, 0.25) is 0 Å². The molecule has 0 radical (unpaired) electrons. The summed E-state index contributed by atoms with van der Waals surface area (Å²) in [6.07, 6.45) is 2.81. The van der Waals surface area contributed by atoms with E-state index in [0.29, 0.717) is 5.15 Å². The van der Waals surface area contributed by atoms with Crippen LogP contribution in [0.3, 0.4) is 0 Å². The SMILES string of the molecule is Clc1cc(N2CCc3c(Br)cccc3C2)ccn1. The maximum Gasteiger partial charge on any atom is 0.131 e. The lowest BCUT2D eigenvalue weighted by Gasteiger charge is -2.31. The topological polar surface area (TPSA) is 16.1 Å². The number of pyridine rings is 1. The van der Waals surface area contributed by atoms with Crippen molar-refractivity contribution in [2.24, 2.45) is 0 Å². The Bertz CT molecular complexity index is 586. The second-order valence-electron chi connectivity index (χ2n) is 4.39. The largest absolute Gasteiger partial charge is 0.367 e. The summed E-state index contributed by atoms with van der Waals surface area (Å²) in [7, 11) is 0. The van der Waals surface area contributed by atoms with E-state index in [1.54, 1.807) is 6.20 Å². The number of hydrogen-bond acceptors (Lipinski definition) is 2. The van der Waals surface area contributed by atoms with Crippen LogP contribution in [0.5, 0.6) is 0 Å². The van der Waals surface area contributed by atoms with E-state index in [9.17, 15) is 0 Å². The molecule has 0 unspecified atom stereocenters. The molecule has 1 aliphatic heterocycles. The molecular weight excluding hydrogens is 312 g/mol. The van der Waals surface area contributed by atoms with Crippen LogP contribution in [-0.4, -0.2) is 11.5 Å². The molecule has 4 heteroatoms. The Hall–Kier alpha value is -1.06. The lowest BCUT2D eigenvalue weighted by molar-refractivity contribution is 0.728. The van der Waals surface area contributed by atoms with Crippen molar-refractivity contribution in [3.63, 3.8) is 0 Å². The molecule has 0 amide bonds. The van der Waals surface area contributed by atoms with Gasteiger partial charge in [-0.2, -0.15) is 0 Å². The van der Waals surface area contributed by atoms with Crippen molar-refractivity contribution in [1.29, 1.82) is 0 Å². The minimum Gasteiger partial charge on any atom is -0.367 e. The van der Waals surface area contributed by atoms with Crippen LogP contribution < -0.4 is 4.90 Å². The first-order valence-corrected chi connectivity index (χ1v) is 7.04. The highest BCUT2D eigenvalue weighted by atomic mass is 79.9. The van der Waals surface area contributed by atoms with Crippen molar-refractivity contribution in [3.8, 4) is 0 Å². The number of aromatic nitrogens is 1. The highest BCUT2D eigenvalue weighted by molar-refractivity contribution is 9.10. The molecule has 2 heterocycles. The molecule has 0 saturated heterocycles. The summed E-state index contributed by atoms with van der Waals surface area (Å²) in [5.41, 5.74) is 3.94. The standard InChI is InChI=1S/C14H12BrClN2/c15-13-3-1-2-10-9-18(7-5-12(10)13)11-4-6-17-14(16)8-11/h1-4,6,8H,5,7,9H2. The predicted octanol–water partition coefficient (Wildman–Crippen LogP) is 4.06. The molecule has 2 aromatic rings. The van der Waals surface area contributed by atoms with Crippen LogP contribution in [0.4, 0.5) is 5.69 Å². The molecule has 0 saturated carbocycles. The quantitative estimate of drug-likeness (QED) is 0.736. The zero-order chi connectivity index (χ0) is 12.5. The fraction of sp³-hybridized carbons (Fsp3) is 0.214. The van der Waals surface area contributed by atoms with Gasteiger partial charge in [0.1, 0.15) is 5.15 Å². The predicted molar refractivity (Wildman–Crippen MR) is 78.1 cm³/mol. The van der Waals surface area contributed by atoms with Gasteiger partial charge in [-0.1, -0.05) is 39.7 Å². The molecule has 1 aliphatic rings. The third-order valence-corrected chi connectivity index (χ3v) is 4.23. The van der Waals surface area contributed by atoms with Crippen LogP contribution >= 0.6 is 27.5 Å². The maximum atomic E-state index is 5.94. The second kappa shape index (κ2) is 4.90. The second-order valence-corrected chi connectivity index (χ2v) is 5.63. The van der Waals surface area contributed by atoms with Gasteiger partial charge in [-0.3, -0.25) is 0 Å². The number of benzene rings is 1. The average Bonchev–Trinajstić information content (AvgIpc) is 2.39. The van der Waals surface area contributed by atoms with Gasteiger partial charge in [0.05, 0.1) is 0 Å². The number of halogens is 2. The van der Waals surface area contributed by atoms with Crippen molar-refractivity contribution >= 4 is 33.2 Å². The fourth-order valence-corrected chi connectivity index (χ4v) is 3.15. The third-order valence-electron chi connectivity index (χ3n) is 3.28. The Balaban J connectivity index is 1.91. The number of rotatable bonds is 1. The van der Waals surface area contributed by atoms with Gasteiger partial charge in [-0.15, -0.1) is 0 Å². The van der Waals surface area contributed by atoms with Gasteiger partial charge >= 0.3 is 0 Å². The molecule has 0 spiro atoms. The Labute approximate surface area is 120 Å². The molecule has 0 N–H and O–H groups in total. The van der Waals surface area contributed by atoms with Crippen LogP contribution in [0.15, 0.2) is 41.0 Å². The summed E-state index contributed by atoms with van der Waals surface area (Å²) in [6.45, 7) is 1.94. The van der Waals surface area contributed by atoms with Crippen molar-refractivity contribution < 1.29 is 0 Å². The lowest BCUT2D eigenvalue weighted by Crippen LogP contribution is -2.30.